The second-order valence-corrected chi connectivity index (χ2v) is 7.14. The molecule has 0 bridgehead atoms. The van der Waals surface area contributed by atoms with Crippen LogP contribution >= 0.6 is 0 Å². The molecular weight excluding hydrogens is 311 g/mol. The molecule has 0 spiro atoms. The summed E-state index contributed by atoms with van der Waals surface area (Å²) in [6.45, 7) is 6.72. The van der Waals surface area contributed by atoms with Crippen LogP contribution in [-0.2, 0) is 4.74 Å². The van der Waals surface area contributed by atoms with E-state index >= 15 is 0 Å². The zero-order valence-corrected chi connectivity index (χ0v) is 14.5. The van der Waals surface area contributed by atoms with E-state index in [1.165, 1.54) is 6.07 Å². The largest absolute Gasteiger partial charge is 0.444 e. The van der Waals surface area contributed by atoms with Crippen LogP contribution in [-0.4, -0.2) is 40.6 Å². The van der Waals surface area contributed by atoms with E-state index in [9.17, 15) is 14.4 Å². The van der Waals surface area contributed by atoms with Crippen molar-refractivity contribution in [2.75, 3.05) is 13.1 Å². The maximum absolute atomic E-state index is 13.8. The van der Waals surface area contributed by atoms with Crippen LogP contribution in [0.5, 0.6) is 0 Å². The molecule has 1 N–H and O–H groups in total. The predicted molar refractivity (Wildman–Crippen MR) is 89.9 cm³/mol. The Labute approximate surface area is 142 Å². The summed E-state index contributed by atoms with van der Waals surface area (Å²) in [5, 5.41) is 12.5. The Bertz CT molecular complexity index is 603. The first kappa shape index (κ1) is 18.2. The number of oxime groups is 1. The fourth-order valence-electron chi connectivity index (χ4n) is 2.82. The van der Waals surface area contributed by atoms with Gasteiger partial charge in [-0.1, -0.05) is 23.4 Å². The van der Waals surface area contributed by atoms with Gasteiger partial charge in [0.15, 0.2) is 0 Å². The van der Waals surface area contributed by atoms with Crippen LogP contribution in [0.15, 0.2) is 29.4 Å². The molecule has 1 aliphatic heterocycles. The van der Waals surface area contributed by atoms with Gasteiger partial charge in [0.25, 0.3) is 0 Å². The number of nitrogens with zero attached hydrogens (tertiary/aromatic N) is 2. The van der Waals surface area contributed by atoms with Gasteiger partial charge in [-0.2, -0.15) is 0 Å². The molecule has 0 saturated carbocycles. The molecule has 5 nitrogen and oxygen atoms in total. The highest BCUT2D eigenvalue weighted by molar-refractivity contribution is 6.00. The van der Waals surface area contributed by atoms with Crippen molar-refractivity contribution in [1.82, 2.24) is 4.90 Å². The van der Waals surface area contributed by atoms with Gasteiger partial charge in [0.05, 0.1) is 5.71 Å². The van der Waals surface area contributed by atoms with E-state index in [1.807, 2.05) is 20.8 Å². The van der Waals surface area contributed by atoms with Crippen LogP contribution in [0.4, 0.5) is 9.18 Å². The fraction of sp³-hybridized carbons (Fsp3) is 0.556. The molecule has 1 amide bonds. The second kappa shape index (κ2) is 7.64. The molecular formula is C18H25FN2O3. The topological polar surface area (TPSA) is 62.1 Å². The van der Waals surface area contributed by atoms with Crippen molar-refractivity contribution < 1.29 is 19.1 Å². The van der Waals surface area contributed by atoms with E-state index in [1.54, 1.807) is 23.1 Å². The maximum Gasteiger partial charge on any atom is 0.410 e. The summed E-state index contributed by atoms with van der Waals surface area (Å²) in [6.07, 6.45) is 1.73. The minimum Gasteiger partial charge on any atom is -0.444 e. The number of amides is 1. The molecule has 1 aromatic carbocycles. The number of carbonyl (C=O) groups excluding carboxylic acids is 1. The van der Waals surface area contributed by atoms with Crippen molar-refractivity contribution in [3.63, 3.8) is 0 Å². The standard InChI is InChI=1S/C18H25FN2O3/c1-18(2,3)24-17(22)21-10-8-13(9-11-21)12-16(20-23)14-6-4-5-7-15(14)19/h4-7,13,23H,8-12H2,1-3H3. The SMILES string of the molecule is CC(C)(C)OC(=O)N1CCC(CC(=NO)c2ccccc2F)CC1. The van der Waals surface area contributed by atoms with Gasteiger partial charge in [0.2, 0.25) is 0 Å². The maximum atomic E-state index is 13.8. The van der Waals surface area contributed by atoms with Crippen LogP contribution < -0.4 is 0 Å². The smallest absolute Gasteiger partial charge is 0.410 e. The molecule has 0 aliphatic carbocycles. The van der Waals surface area contributed by atoms with Gasteiger partial charge in [-0.3, -0.25) is 0 Å². The molecule has 24 heavy (non-hydrogen) atoms. The molecule has 1 saturated heterocycles. The number of hydrogen-bond donors (Lipinski definition) is 1. The van der Waals surface area contributed by atoms with Gasteiger partial charge in [-0.25, -0.2) is 9.18 Å². The quantitative estimate of drug-likeness (QED) is 0.515. The highest BCUT2D eigenvalue weighted by Crippen LogP contribution is 2.25. The molecule has 6 heteroatoms. The Balaban J connectivity index is 1.91. The molecule has 0 unspecified atom stereocenters. The first-order valence-corrected chi connectivity index (χ1v) is 8.24. The highest BCUT2D eigenvalue weighted by atomic mass is 19.1. The normalized spacial score (nSPS) is 17.0. The van der Waals surface area contributed by atoms with Gasteiger partial charge in [-0.05, 0) is 52.0 Å². The molecule has 0 aromatic heterocycles. The molecule has 1 fully saturated rings. The number of halogens is 1. The number of hydrogen-bond acceptors (Lipinski definition) is 4. The molecule has 1 aliphatic rings. The summed E-state index contributed by atoms with van der Waals surface area (Å²) < 4.78 is 19.2. The zero-order valence-electron chi connectivity index (χ0n) is 14.5. The van der Waals surface area contributed by atoms with E-state index in [-0.39, 0.29) is 12.0 Å². The monoisotopic (exact) mass is 336 g/mol. The van der Waals surface area contributed by atoms with Crippen LogP contribution in [0.3, 0.4) is 0 Å². The van der Waals surface area contributed by atoms with Crippen LogP contribution in [0.25, 0.3) is 0 Å². The van der Waals surface area contributed by atoms with E-state index < -0.39 is 11.4 Å². The first-order valence-electron chi connectivity index (χ1n) is 8.24. The van der Waals surface area contributed by atoms with Crippen LogP contribution in [0.1, 0.15) is 45.6 Å². The third-order valence-corrected chi connectivity index (χ3v) is 4.05. The summed E-state index contributed by atoms with van der Waals surface area (Å²) in [6, 6.07) is 6.29. The number of ether oxygens (including phenoxy) is 1. The zero-order chi connectivity index (χ0) is 17.7. The van der Waals surface area contributed by atoms with Gasteiger partial charge in [0.1, 0.15) is 11.4 Å². The van der Waals surface area contributed by atoms with Gasteiger partial charge >= 0.3 is 6.09 Å². The summed E-state index contributed by atoms with van der Waals surface area (Å²) in [5.41, 5.74) is 0.175. The highest BCUT2D eigenvalue weighted by Gasteiger charge is 2.28. The van der Waals surface area contributed by atoms with Gasteiger partial charge < -0.3 is 14.8 Å². The molecule has 0 atom stereocenters. The van der Waals surface area contributed by atoms with Crippen molar-refractivity contribution in [1.29, 1.82) is 0 Å². The van der Waals surface area contributed by atoms with E-state index in [0.717, 1.165) is 12.8 Å². The lowest BCUT2D eigenvalue weighted by Gasteiger charge is -2.33. The van der Waals surface area contributed by atoms with Crippen molar-refractivity contribution in [3.8, 4) is 0 Å². The number of likely N-dealkylation sites (tertiary alicyclic amines) is 1. The lowest BCUT2D eigenvalue weighted by Crippen LogP contribution is -2.42. The fourth-order valence-corrected chi connectivity index (χ4v) is 2.82. The van der Waals surface area contributed by atoms with Crippen molar-refractivity contribution in [2.24, 2.45) is 11.1 Å². The van der Waals surface area contributed by atoms with Gasteiger partial charge in [0, 0.05) is 18.7 Å². The Morgan fingerprint density at radius 1 is 1.33 bits per heavy atom. The minimum atomic E-state index is -0.504. The number of carbonyl (C=O) groups is 1. The van der Waals surface area contributed by atoms with E-state index in [0.29, 0.717) is 30.8 Å². The van der Waals surface area contributed by atoms with E-state index in [2.05, 4.69) is 5.16 Å². The van der Waals surface area contributed by atoms with E-state index in [4.69, 9.17) is 4.74 Å². The first-order chi connectivity index (χ1) is 11.3. The van der Waals surface area contributed by atoms with Crippen LogP contribution in [0.2, 0.25) is 0 Å². The average molecular weight is 336 g/mol. The molecule has 1 heterocycles. The molecule has 0 radical (unpaired) electrons. The molecule has 1 aromatic rings. The summed E-state index contributed by atoms with van der Waals surface area (Å²) >= 11 is 0. The Morgan fingerprint density at radius 3 is 2.50 bits per heavy atom. The third kappa shape index (κ3) is 4.94. The minimum absolute atomic E-state index is 0.245. The lowest BCUT2D eigenvalue weighted by atomic mass is 9.89. The third-order valence-electron chi connectivity index (χ3n) is 4.05. The Kier molecular flexibility index (Phi) is 5.80. The second-order valence-electron chi connectivity index (χ2n) is 7.14. The summed E-state index contributed by atoms with van der Waals surface area (Å²) in [5.74, 6) is -0.148. The number of piperidine rings is 1. The van der Waals surface area contributed by atoms with Gasteiger partial charge in [-0.15, -0.1) is 0 Å². The predicted octanol–water partition coefficient (Wildman–Crippen LogP) is 4.04. The summed E-state index contributed by atoms with van der Waals surface area (Å²) in [4.78, 5) is 13.8. The lowest BCUT2D eigenvalue weighted by molar-refractivity contribution is 0.0186. The summed E-state index contributed by atoms with van der Waals surface area (Å²) in [7, 11) is 0. The Hall–Kier alpha value is -2.11. The van der Waals surface area contributed by atoms with Crippen molar-refractivity contribution >= 4 is 11.8 Å². The number of rotatable bonds is 3. The van der Waals surface area contributed by atoms with Crippen LogP contribution in [0, 0.1) is 11.7 Å². The number of benzene rings is 1. The van der Waals surface area contributed by atoms with Crippen molar-refractivity contribution in [2.45, 2.75) is 45.6 Å². The Morgan fingerprint density at radius 2 is 1.96 bits per heavy atom. The molecule has 132 valence electrons. The molecule has 2 rings (SSSR count). The van der Waals surface area contributed by atoms with Crippen molar-refractivity contribution in [3.05, 3.63) is 35.6 Å². The average Bonchev–Trinajstić information content (AvgIpc) is 2.52.